The molecule has 5 heteroatoms. The second-order valence-corrected chi connectivity index (χ2v) is 4.63. The third kappa shape index (κ3) is 5.11. The van der Waals surface area contributed by atoms with E-state index in [1.807, 2.05) is 0 Å². The van der Waals surface area contributed by atoms with Crippen molar-refractivity contribution < 1.29 is 19.7 Å². The van der Waals surface area contributed by atoms with E-state index in [2.05, 4.69) is 10.1 Å². The Kier molecular flexibility index (Phi) is 5.20. The Bertz CT molecular complexity index is 213. The molecule has 0 saturated heterocycles. The normalized spacial score (nSPS) is 15.9. The van der Waals surface area contributed by atoms with E-state index < -0.39 is 11.0 Å². The van der Waals surface area contributed by atoms with Gasteiger partial charge >= 0.3 is 5.97 Å². The molecule has 0 aliphatic carbocycles. The van der Waals surface area contributed by atoms with Gasteiger partial charge in [0.05, 0.1) is 24.7 Å². The summed E-state index contributed by atoms with van der Waals surface area (Å²) in [6.07, 6.45) is 0. The van der Waals surface area contributed by atoms with Gasteiger partial charge in [-0.15, -0.1) is 0 Å². The van der Waals surface area contributed by atoms with Crippen LogP contribution in [0, 0.1) is 5.41 Å². The largest absolute Gasteiger partial charge is 0.469 e. The number of hydrogen-bond donors (Lipinski definition) is 3. The Morgan fingerprint density at radius 3 is 2.27 bits per heavy atom. The molecule has 0 aliphatic rings. The van der Waals surface area contributed by atoms with Crippen molar-refractivity contribution in [2.45, 2.75) is 26.4 Å². The van der Waals surface area contributed by atoms with E-state index in [1.54, 1.807) is 13.8 Å². The van der Waals surface area contributed by atoms with Gasteiger partial charge in [-0.2, -0.15) is 0 Å². The minimum absolute atomic E-state index is 0.226. The Hall–Kier alpha value is -0.650. The molecular formula is C10H21NO4. The first-order valence-electron chi connectivity index (χ1n) is 4.87. The number of carbonyl (C=O) groups excluding carboxylic acids is 1. The topological polar surface area (TPSA) is 78.8 Å². The molecule has 0 aromatic carbocycles. The molecular weight excluding hydrogens is 198 g/mol. The lowest BCUT2D eigenvalue weighted by atomic mass is 9.93. The summed E-state index contributed by atoms with van der Waals surface area (Å²) in [6.45, 7) is 5.31. The molecule has 5 nitrogen and oxygen atoms in total. The molecule has 0 saturated carbocycles. The van der Waals surface area contributed by atoms with Crippen LogP contribution in [-0.2, 0) is 9.53 Å². The highest BCUT2D eigenvalue weighted by Crippen LogP contribution is 2.15. The highest BCUT2D eigenvalue weighted by atomic mass is 16.5. The average molecular weight is 219 g/mol. The van der Waals surface area contributed by atoms with Gasteiger partial charge in [0.25, 0.3) is 0 Å². The molecule has 0 spiro atoms. The van der Waals surface area contributed by atoms with E-state index in [4.69, 9.17) is 5.11 Å². The van der Waals surface area contributed by atoms with Crippen molar-refractivity contribution in [2.24, 2.45) is 5.41 Å². The van der Waals surface area contributed by atoms with E-state index in [9.17, 15) is 9.90 Å². The zero-order valence-electron chi connectivity index (χ0n) is 9.83. The first-order valence-corrected chi connectivity index (χ1v) is 4.87. The fourth-order valence-electron chi connectivity index (χ4n) is 1.05. The molecule has 0 heterocycles. The number of esters is 1. The van der Waals surface area contributed by atoms with Crippen molar-refractivity contribution in [3.8, 4) is 0 Å². The number of aliphatic hydroxyl groups excluding tert-OH is 1. The van der Waals surface area contributed by atoms with Crippen LogP contribution in [-0.4, -0.2) is 48.6 Å². The molecule has 1 unspecified atom stereocenters. The molecule has 90 valence electrons. The van der Waals surface area contributed by atoms with Crippen molar-refractivity contribution in [3.05, 3.63) is 0 Å². The van der Waals surface area contributed by atoms with Crippen LogP contribution in [0.25, 0.3) is 0 Å². The summed E-state index contributed by atoms with van der Waals surface area (Å²) in [4.78, 5) is 11.3. The smallest absolute Gasteiger partial charge is 0.312 e. The number of ether oxygens (including phenoxy) is 1. The maximum Gasteiger partial charge on any atom is 0.312 e. The van der Waals surface area contributed by atoms with Crippen LogP contribution in [0.1, 0.15) is 20.8 Å². The molecule has 0 aliphatic heterocycles. The summed E-state index contributed by atoms with van der Waals surface area (Å²) >= 11 is 0. The standard InChI is InChI=1S/C10H21NO4/c1-9(2,8(13)15-4)5-11-6-10(3,14)7-12/h11-12,14H,5-7H2,1-4H3. The summed E-state index contributed by atoms with van der Waals surface area (Å²) in [5.74, 6) is -0.307. The summed E-state index contributed by atoms with van der Waals surface area (Å²) in [6, 6.07) is 0. The molecule has 0 radical (unpaired) electrons. The first kappa shape index (κ1) is 14.3. The Labute approximate surface area is 90.4 Å². The van der Waals surface area contributed by atoms with Crippen LogP contribution in [0.15, 0.2) is 0 Å². The van der Waals surface area contributed by atoms with Crippen LogP contribution in [0.5, 0.6) is 0 Å². The maximum atomic E-state index is 11.3. The molecule has 0 rings (SSSR count). The molecule has 1 atom stereocenters. The second kappa shape index (κ2) is 5.44. The van der Waals surface area contributed by atoms with Crippen LogP contribution in [0.3, 0.4) is 0 Å². The third-order valence-electron chi connectivity index (χ3n) is 2.15. The van der Waals surface area contributed by atoms with E-state index in [0.717, 1.165) is 0 Å². The van der Waals surface area contributed by atoms with Crippen LogP contribution >= 0.6 is 0 Å². The van der Waals surface area contributed by atoms with Gasteiger partial charge in [-0.3, -0.25) is 4.79 Å². The predicted octanol–water partition coefficient (Wildman–Crippen LogP) is -0.481. The summed E-state index contributed by atoms with van der Waals surface area (Å²) in [5, 5.41) is 21.2. The second-order valence-electron chi connectivity index (χ2n) is 4.63. The van der Waals surface area contributed by atoms with Gasteiger partial charge in [0.2, 0.25) is 0 Å². The summed E-state index contributed by atoms with van der Waals surface area (Å²) in [7, 11) is 1.34. The van der Waals surface area contributed by atoms with E-state index in [0.29, 0.717) is 6.54 Å². The highest BCUT2D eigenvalue weighted by Gasteiger charge is 2.29. The van der Waals surface area contributed by atoms with Crippen LogP contribution < -0.4 is 5.32 Å². The fourth-order valence-corrected chi connectivity index (χ4v) is 1.05. The quantitative estimate of drug-likeness (QED) is 0.526. The summed E-state index contributed by atoms with van der Waals surface area (Å²) < 4.78 is 4.63. The lowest BCUT2D eigenvalue weighted by Gasteiger charge is -2.26. The number of rotatable bonds is 6. The highest BCUT2D eigenvalue weighted by molar-refractivity contribution is 5.76. The number of methoxy groups -OCH3 is 1. The minimum Gasteiger partial charge on any atom is -0.469 e. The average Bonchev–Trinajstić information content (AvgIpc) is 2.16. The van der Waals surface area contributed by atoms with E-state index in [-0.39, 0.29) is 19.1 Å². The van der Waals surface area contributed by atoms with Gasteiger partial charge in [0.15, 0.2) is 0 Å². The minimum atomic E-state index is -1.16. The van der Waals surface area contributed by atoms with Gasteiger partial charge in [-0.25, -0.2) is 0 Å². The van der Waals surface area contributed by atoms with Crippen molar-refractivity contribution in [1.29, 1.82) is 0 Å². The number of nitrogens with one attached hydrogen (secondary N) is 1. The van der Waals surface area contributed by atoms with Crippen LogP contribution in [0.4, 0.5) is 0 Å². The van der Waals surface area contributed by atoms with Gasteiger partial charge in [0.1, 0.15) is 0 Å². The Morgan fingerprint density at radius 2 is 1.87 bits per heavy atom. The van der Waals surface area contributed by atoms with Crippen molar-refractivity contribution in [3.63, 3.8) is 0 Å². The van der Waals surface area contributed by atoms with Crippen LogP contribution in [0.2, 0.25) is 0 Å². The third-order valence-corrected chi connectivity index (χ3v) is 2.15. The molecule has 0 aromatic heterocycles. The van der Waals surface area contributed by atoms with Crippen molar-refractivity contribution in [1.82, 2.24) is 5.32 Å². The zero-order chi connectivity index (χ0) is 12.1. The Morgan fingerprint density at radius 1 is 1.33 bits per heavy atom. The molecule has 15 heavy (non-hydrogen) atoms. The van der Waals surface area contributed by atoms with Gasteiger partial charge in [0, 0.05) is 13.1 Å². The first-order chi connectivity index (χ1) is 6.75. The number of hydrogen-bond acceptors (Lipinski definition) is 5. The zero-order valence-corrected chi connectivity index (χ0v) is 9.83. The Balaban J connectivity index is 4.00. The molecule has 0 amide bonds. The van der Waals surface area contributed by atoms with Gasteiger partial charge in [-0.05, 0) is 20.8 Å². The molecule has 0 bridgehead atoms. The van der Waals surface area contributed by atoms with E-state index >= 15 is 0 Å². The lowest BCUT2D eigenvalue weighted by Crippen LogP contribution is -2.45. The molecule has 3 N–H and O–H groups in total. The van der Waals surface area contributed by atoms with E-state index in [1.165, 1.54) is 14.0 Å². The summed E-state index contributed by atoms with van der Waals surface area (Å²) in [5.41, 5.74) is -1.80. The maximum absolute atomic E-state index is 11.3. The van der Waals surface area contributed by atoms with Crippen molar-refractivity contribution in [2.75, 3.05) is 26.8 Å². The fraction of sp³-hybridized carbons (Fsp3) is 0.900. The SMILES string of the molecule is COC(=O)C(C)(C)CNCC(C)(O)CO. The number of carbonyl (C=O) groups is 1. The molecule has 0 fully saturated rings. The van der Waals surface area contributed by atoms with Crippen molar-refractivity contribution >= 4 is 5.97 Å². The van der Waals surface area contributed by atoms with Gasteiger partial charge < -0.3 is 20.3 Å². The van der Waals surface area contributed by atoms with Gasteiger partial charge in [-0.1, -0.05) is 0 Å². The predicted molar refractivity (Wildman–Crippen MR) is 56.4 cm³/mol. The monoisotopic (exact) mass is 219 g/mol. The lowest BCUT2D eigenvalue weighted by molar-refractivity contribution is -0.150. The number of aliphatic hydroxyl groups is 2. The molecule has 0 aromatic rings.